The Morgan fingerprint density at radius 2 is 1.89 bits per heavy atom. The zero-order valence-corrected chi connectivity index (χ0v) is 16.3. The van der Waals surface area contributed by atoms with E-state index in [1.54, 1.807) is 18.2 Å². The lowest BCUT2D eigenvalue weighted by Crippen LogP contribution is -2.33. The van der Waals surface area contributed by atoms with Crippen LogP contribution in [0.15, 0.2) is 18.2 Å². The van der Waals surface area contributed by atoms with E-state index in [0.717, 1.165) is 32.2 Å². The molecule has 2 N–H and O–H groups in total. The van der Waals surface area contributed by atoms with Crippen molar-refractivity contribution in [1.29, 1.82) is 0 Å². The Bertz CT molecular complexity index is 782. The van der Waals surface area contributed by atoms with E-state index in [9.17, 15) is 14.4 Å². The Morgan fingerprint density at radius 3 is 2.59 bits per heavy atom. The monoisotopic (exact) mass is 391 g/mol. The van der Waals surface area contributed by atoms with Crippen molar-refractivity contribution in [2.24, 2.45) is 17.6 Å². The second kappa shape index (κ2) is 7.60. The van der Waals surface area contributed by atoms with Crippen LogP contribution in [0, 0.1) is 11.8 Å². The average molecular weight is 392 g/mol. The van der Waals surface area contributed by atoms with Gasteiger partial charge in [-0.05, 0) is 49.3 Å². The van der Waals surface area contributed by atoms with Crippen molar-refractivity contribution in [1.82, 2.24) is 9.80 Å². The van der Waals surface area contributed by atoms with Crippen molar-refractivity contribution in [3.63, 3.8) is 0 Å². The number of halogens is 1. The van der Waals surface area contributed by atoms with Crippen LogP contribution >= 0.6 is 12.4 Å². The summed E-state index contributed by atoms with van der Waals surface area (Å²) in [5.74, 6) is 0.284. The van der Waals surface area contributed by atoms with Gasteiger partial charge in [0.25, 0.3) is 17.7 Å². The number of nitrogens with zero attached hydrogens (tertiary/aromatic N) is 2. The summed E-state index contributed by atoms with van der Waals surface area (Å²) in [5, 5.41) is 0. The van der Waals surface area contributed by atoms with E-state index < -0.39 is 0 Å². The molecule has 0 radical (unpaired) electrons. The highest BCUT2D eigenvalue weighted by Gasteiger charge is 2.43. The molecule has 3 unspecified atom stereocenters. The molecule has 1 saturated carbocycles. The van der Waals surface area contributed by atoms with Crippen molar-refractivity contribution >= 4 is 30.1 Å². The average Bonchev–Trinajstić information content (AvgIpc) is 3.28. The number of imide groups is 1. The maximum absolute atomic E-state index is 12.9. The van der Waals surface area contributed by atoms with E-state index in [4.69, 9.17) is 5.73 Å². The molecule has 3 aliphatic rings. The van der Waals surface area contributed by atoms with Gasteiger partial charge >= 0.3 is 0 Å². The number of carbonyl (C=O) groups is 3. The van der Waals surface area contributed by atoms with Gasteiger partial charge in [-0.1, -0.05) is 13.3 Å². The van der Waals surface area contributed by atoms with Crippen LogP contribution in [0.5, 0.6) is 0 Å². The Labute approximate surface area is 165 Å². The molecule has 146 valence electrons. The molecule has 2 fully saturated rings. The Kier molecular flexibility index (Phi) is 5.58. The lowest BCUT2D eigenvalue weighted by atomic mass is 9.98. The van der Waals surface area contributed by atoms with Gasteiger partial charge in [0, 0.05) is 31.2 Å². The van der Waals surface area contributed by atoms with E-state index in [-0.39, 0.29) is 36.2 Å². The molecule has 2 heterocycles. The maximum atomic E-state index is 12.9. The number of carbonyl (C=O) groups excluding carboxylic acids is 3. The number of benzene rings is 1. The minimum Gasteiger partial charge on any atom is -0.338 e. The topological polar surface area (TPSA) is 83.7 Å². The van der Waals surface area contributed by atoms with Gasteiger partial charge < -0.3 is 10.6 Å². The van der Waals surface area contributed by atoms with E-state index in [1.165, 1.54) is 4.90 Å². The summed E-state index contributed by atoms with van der Waals surface area (Å²) in [6.07, 6.45) is 3.82. The summed E-state index contributed by atoms with van der Waals surface area (Å²) in [5.41, 5.74) is 7.40. The zero-order chi connectivity index (χ0) is 18.4. The second-order valence-electron chi connectivity index (χ2n) is 7.75. The Balaban J connectivity index is 0.00000210. The van der Waals surface area contributed by atoms with Crippen molar-refractivity contribution in [3.8, 4) is 0 Å². The predicted octanol–water partition coefficient (Wildman–Crippen LogP) is 2.31. The van der Waals surface area contributed by atoms with Crippen LogP contribution in [0.25, 0.3) is 0 Å². The second-order valence-corrected chi connectivity index (χ2v) is 7.75. The van der Waals surface area contributed by atoms with Gasteiger partial charge in [-0.3, -0.25) is 19.3 Å². The van der Waals surface area contributed by atoms with Crippen molar-refractivity contribution in [2.45, 2.75) is 38.6 Å². The summed E-state index contributed by atoms with van der Waals surface area (Å²) < 4.78 is 0. The van der Waals surface area contributed by atoms with Crippen LogP contribution < -0.4 is 5.73 Å². The molecule has 4 rings (SSSR count). The first-order valence-corrected chi connectivity index (χ1v) is 9.56. The fraction of sp³-hybridized carbons (Fsp3) is 0.550. The largest absolute Gasteiger partial charge is 0.338 e. The molecule has 2 aliphatic heterocycles. The SMILES string of the molecule is CCCCN1C(=O)c2ccc(C(=O)N3CC4CCC(N)C4C3)cc2C1=O.Cl. The normalized spacial score (nSPS) is 26.2. The number of unbranched alkanes of at least 4 members (excludes halogenated alkanes) is 1. The summed E-state index contributed by atoms with van der Waals surface area (Å²) in [6, 6.07) is 5.07. The number of hydrogen-bond donors (Lipinski definition) is 1. The van der Waals surface area contributed by atoms with E-state index in [0.29, 0.717) is 41.6 Å². The minimum atomic E-state index is -0.284. The predicted molar refractivity (Wildman–Crippen MR) is 104 cm³/mol. The van der Waals surface area contributed by atoms with Gasteiger partial charge in [-0.25, -0.2) is 0 Å². The van der Waals surface area contributed by atoms with E-state index >= 15 is 0 Å². The number of amides is 3. The molecule has 7 heteroatoms. The molecule has 3 amide bonds. The number of rotatable bonds is 4. The fourth-order valence-electron chi connectivity index (χ4n) is 4.60. The van der Waals surface area contributed by atoms with Gasteiger partial charge in [0.1, 0.15) is 0 Å². The maximum Gasteiger partial charge on any atom is 0.261 e. The van der Waals surface area contributed by atoms with Gasteiger partial charge in [0.15, 0.2) is 0 Å². The molecule has 0 bridgehead atoms. The summed E-state index contributed by atoms with van der Waals surface area (Å²) >= 11 is 0. The number of hydrogen-bond acceptors (Lipinski definition) is 4. The van der Waals surface area contributed by atoms with E-state index in [1.807, 2.05) is 11.8 Å². The van der Waals surface area contributed by atoms with Gasteiger partial charge in [0.05, 0.1) is 11.1 Å². The Morgan fingerprint density at radius 1 is 1.15 bits per heavy atom. The molecule has 1 aliphatic carbocycles. The van der Waals surface area contributed by atoms with Crippen molar-refractivity contribution in [3.05, 3.63) is 34.9 Å². The molecule has 1 aromatic carbocycles. The smallest absolute Gasteiger partial charge is 0.261 e. The summed E-state index contributed by atoms with van der Waals surface area (Å²) in [6.45, 7) is 3.88. The van der Waals surface area contributed by atoms with Crippen LogP contribution in [0.2, 0.25) is 0 Å². The molecule has 1 saturated heterocycles. The molecule has 27 heavy (non-hydrogen) atoms. The highest BCUT2D eigenvalue weighted by molar-refractivity contribution is 6.22. The zero-order valence-electron chi connectivity index (χ0n) is 15.5. The third kappa shape index (κ3) is 3.25. The Hall–Kier alpha value is -1.92. The highest BCUT2D eigenvalue weighted by atomic mass is 35.5. The fourth-order valence-corrected chi connectivity index (χ4v) is 4.60. The number of nitrogens with two attached hydrogens (primary N) is 1. The van der Waals surface area contributed by atoms with Crippen LogP contribution in [-0.4, -0.2) is 53.2 Å². The first-order valence-electron chi connectivity index (χ1n) is 9.56. The third-order valence-electron chi connectivity index (χ3n) is 6.15. The lowest BCUT2D eigenvalue weighted by Gasteiger charge is -2.19. The minimum absolute atomic E-state index is 0. The van der Waals surface area contributed by atoms with Crippen LogP contribution in [0.4, 0.5) is 0 Å². The quantitative estimate of drug-likeness (QED) is 0.798. The van der Waals surface area contributed by atoms with Crippen molar-refractivity contribution in [2.75, 3.05) is 19.6 Å². The van der Waals surface area contributed by atoms with Crippen molar-refractivity contribution < 1.29 is 14.4 Å². The molecule has 0 spiro atoms. The lowest BCUT2D eigenvalue weighted by molar-refractivity contribution is 0.0652. The standard InChI is InChI=1S/C20H25N3O3.ClH/c1-2-3-8-23-19(25)14-6-4-12(9-15(14)20(23)26)18(24)22-10-13-5-7-17(21)16(13)11-22;/h4,6,9,13,16-17H,2-3,5,7-8,10-11,21H2,1H3;1H. The summed E-state index contributed by atoms with van der Waals surface area (Å²) in [4.78, 5) is 41.0. The van der Waals surface area contributed by atoms with Crippen LogP contribution in [-0.2, 0) is 0 Å². The van der Waals surface area contributed by atoms with E-state index in [2.05, 4.69) is 0 Å². The number of fused-ring (bicyclic) bond motifs is 2. The highest BCUT2D eigenvalue weighted by Crippen LogP contribution is 2.37. The van der Waals surface area contributed by atoms with Gasteiger partial charge in [-0.2, -0.15) is 0 Å². The molecule has 3 atom stereocenters. The first kappa shape index (κ1) is 19.8. The van der Waals surface area contributed by atoms with Crippen LogP contribution in [0.1, 0.15) is 63.7 Å². The third-order valence-corrected chi connectivity index (χ3v) is 6.15. The van der Waals surface area contributed by atoms with Crippen LogP contribution in [0.3, 0.4) is 0 Å². The summed E-state index contributed by atoms with van der Waals surface area (Å²) in [7, 11) is 0. The molecular formula is C20H26ClN3O3. The van der Waals surface area contributed by atoms with Gasteiger partial charge in [0.2, 0.25) is 0 Å². The van der Waals surface area contributed by atoms with Gasteiger partial charge in [-0.15, -0.1) is 12.4 Å². The molecular weight excluding hydrogens is 366 g/mol. The molecule has 0 aromatic heterocycles. The molecule has 6 nitrogen and oxygen atoms in total. The molecule has 1 aromatic rings. The first-order chi connectivity index (χ1) is 12.5. The number of likely N-dealkylation sites (tertiary alicyclic amines) is 1.